The van der Waals surface area contributed by atoms with E-state index in [2.05, 4.69) is 6.92 Å². The monoisotopic (exact) mass is 318 g/mol. The van der Waals surface area contributed by atoms with Crippen LogP contribution in [0.2, 0.25) is 0 Å². The van der Waals surface area contributed by atoms with Gasteiger partial charge in [-0.3, -0.25) is 4.79 Å². The van der Waals surface area contributed by atoms with E-state index in [-0.39, 0.29) is 11.9 Å². The fourth-order valence-electron chi connectivity index (χ4n) is 5.09. The molecule has 2 nitrogen and oxygen atoms in total. The van der Waals surface area contributed by atoms with Crippen molar-refractivity contribution in [3.63, 3.8) is 0 Å². The highest BCUT2D eigenvalue weighted by Crippen LogP contribution is 2.60. The predicted octanol–water partition coefficient (Wildman–Crippen LogP) is 5.66. The zero-order valence-electron chi connectivity index (χ0n) is 15.1. The third kappa shape index (κ3) is 4.00. The van der Waals surface area contributed by atoms with E-state index in [1.165, 1.54) is 70.6 Å². The van der Waals surface area contributed by atoms with E-state index in [0.717, 1.165) is 5.92 Å². The van der Waals surface area contributed by atoms with E-state index < -0.39 is 0 Å². The fraction of sp³-hybridized carbons (Fsp3) is 0.857. The molecule has 0 spiro atoms. The van der Waals surface area contributed by atoms with E-state index in [1.807, 2.05) is 6.92 Å². The van der Waals surface area contributed by atoms with E-state index in [4.69, 9.17) is 4.74 Å². The average Bonchev–Trinajstić information content (AvgIpc) is 3.08. The van der Waals surface area contributed by atoms with Gasteiger partial charge in [0.25, 0.3) is 0 Å². The van der Waals surface area contributed by atoms with Crippen molar-refractivity contribution in [2.75, 3.05) is 6.61 Å². The Bertz CT molecular complexity index is 427. The lowest BCUT2D eigenvalue weighted by Gasteiger charge is -2.11. The summed E-state index contributed by atoms with van der Waals surface area (Å²) in [5.74, 6) is 2.48. The van der Waals surface area contributed by atoms with Gasteiger partial charge in [-0.15, -0.1) is 0 Å². The number of hydrogen-bond acceptors (Lipinski definition) is 2. The van der Waals surface area contributed by atoms with Crippen LogP contribution in [0.5, 0.6) is 0 Å². The predicted molar refractivity (Wildman–Crippen MR) is 94.1 cm³/mol. The van der Waals surface area contributed by atoms with Crippen molar-refractivity contribution in [2.45, 2.75) is 84.5 Å². The molecule has 0 saturated heterocycles. The molecule has 2 heteroatoms. The number of rotatable bonds is 9. The van der Waals surface area contributed by atoms with Crippen LogP contribution in [-0.4, -0.2) is 12.6 Å². The molecule has 2 atom stereocenters. The molecule has 0 heterocycles. The number of carbonyl (C=O) groups is 1. The molecule has 3 aliphatic rings. The summed E-state index contributed by atoms with van der Waals surface area (Å²) in [6.07, 6.45) is 15.0. The molecule has 0 radical (unpaired) electrons. The van der Waals surface area contributed by atoms with Crippen LogP contribution in [0.25, 0.3) is 0 Å². The molecule has 130 valence electrons. The second-order valence-corrected chi connectivity index (χ2v) is 8.05. The van der Waals surface area contributed by atoms with E-state index >= 15 is 0 Å². The Balaban J connectivity index is 1.35. The Morgan fingerprint density at radius 1 is 0.913 bits per heavy atom. The van der Waals surface area contributed by atoms with Gasteiger partial charge in [0.2, 0.25) is 0 Å². The highest BCUT2D eigenvalue weighted by molar-refractivity contribution is 5.77. The van der Waals surface area contributed by atoms with Gasteiger partial charge in [0.15, 0.2) is 0 Å². The van der Waals surface area contributed by atoms with E-state index in [0.29, 0.717) is 18.4 Å². The molecule has 1 saturated carbocycles. The van der Waals surface area contributed by atoms with Gasteiger partial charge in [-0.2, -0.15) is 0 Å². The molecular formula is C21H34O2. The minimum absolute atomic E-state index is 0.0762. The Labute approximate surface area is 142 Å². The fourth-order valence-corrected chi connectivity index (χ4v) is 5.09. The molecule has 0 N–H and O–H groups in total. The topological polar surface area (TPSA) is 26.3 Å². The largest absolute Gasteiger partial charge is 0.466 e. The third-order valence-electron chi connectivity index (χ3n) is 6.39. The summed E-state index contributed by atoms with van der Waals surface area (Å²) in [6, 6.07) is 0. The highest BCUT2D eigenvalue weighted by atomic mass is 16.5. The van der Waals surface area contributed by atoms with Crippen LogP contribution in [0.3, 0.4) is 0 Å². The zero-order chi connectivity index (χ0) is 16.2. The van der Waals surface area contributed by atoms with Crippen molar-refractivity contribution >= 4 is 5.97 Å². The minimum atomic E-state index is 0.0762. The summed E-state index contributed by atoms with van der Waals surface area (Å²) >= 11 is 0. The van der Waals surface area contributed by atoms with Crippen molar-refractivity contribution in [3.05, 3.63) is 11.1 Å². The first-order valence-electron chi connectivity index (χ1n) is 10.1. The Morgan fingerprint density at radius 3 is 2.13 bits per heavy atom. The summed E-state index contributed by atoms with van der Waals surface area (Å²) < 4.78 is 5.24. The molecule has 23 heavy (non-hydrogen) atoms. The third-order valence-corrected chi connectivity index (χ3v) is 6.39. The van der Waals surface area contributed by atoms with Crippen LogP contribution >= 0.6 is 0 Å². The van der Waals surface area contributed by atoms with E-state index in [1.54, 1.807) is 11.1 Å². The van der Waals surface area contributed by atoms with Crippen molar-refractivity contribution in [3.8, 4) is 0 Å². The SMILES string of the molecule is CCCCCCCCC1CC2=C(C1)CC1C(C2)C1C(=O)OCC. The van der Waals surface area contributed by atoms with Crippen LogP contribution in [0.1, 0.15) is 84.5 Å². The summed E-state index contributed by atoms with van der Waals surface area (Å²) in [5, 5.41) is 0. The number of fused-ring (bicyclic) bond motifs is 1. The van der Waals surface area contributed by atoms with Gasteiger partial charge >= 0.3 is 5.97 Å². The molecule has 0 aromatic rings. The van der Waals surface area contributed by atoms with Crippen molar-refractivity contribution in [2.24, 2.45) is 23.7 Å². The summed E-state index contributed by atoms with van der Waals surface area (Å²) in [4.78, 5) is 12.0. The molecule has 1 fully saturated rings. The molecule has 0 aromatic carbocycles. The maximum absolute atomic E-state index is 12.0. The lowest BCUT2D eigenvalue weighted by Crippen LogP contribution is -2.08. The van der Waals surface area contributed by atoms with Gasteiger partial charge in [-0.1, -0.05) is 56.6 Å². The van der Waals surface area contributed by atoms with Gasteiger partial charge in [0.1, 0.15) is 0 Å². The van der Waals surface area contributed by atoms with Gasteiger partial charge in [0.05, 0.1) is 12.5 Å². The molecule has 0 bridgehead atoms. The average molecular weight is 319 g/mol. The van der Waals surface area contributed by atoms with Crippen LogP contribution in [0.15, 0.2) is 11.1 Å². The first-order valence-corrected chi connectivity index (χ1v) is 10.1. The molecule has 3 rings (SSSR count). The highest BCUT2D eigenvalue weighted by Gasteiger charge is 2.58. The molecule has 3 aliphatic carbocycles. The second-order valence-electron chi connectivity index (χ2n) is 8.05. The lowest BCUT2D eigenvalue weighted by molar-refractivity contribution is -0.145. The normalized spacial score (nSPS) is 31.7. The van der Waals surface area contributed by atoms with Crippen LogP contribution in [-0.2, 0) is 9.53 Å². The van der Waals surface area contributed by atoms with Gasteiger partial charge in [0, 0.05) is 0 Å². The smallest absolute Gasteiger partial charge is 0.309 e. The molecular weight excluding hydrogens is 284 g/mol. The van der Waals surface area contributed by atoms with Crippen LogP contribution in [0, 0.1) is 23.7 Å². The number of hydrogen-bond donors (Lipinski definition) is 0. The Hall–Kier alpha value is -0.790. The maximum atomic E-state index is 12.0. The molecule has 0 aliphatic heterocycles. The standard InChI is InChI=1S/C21H34O2/c1-3-5-6-7-8-9-10-15-11-16-13-18-19(14-17(16)12-15)20(18)21(22)23-4-2/h15,18-20H,3-14H2,1-2H3. The molecule has 0 amide bonds. The van der Waals surface area contributed by atoms with Gasteiger partial charge < -0.3 is 4.74 Å². The van der Waals surface area contributed by atoms with Gasteiger partial charge in [-0.25, -0.2) is 0 Å². The Morgan fingerprint density at radius 2 is 1.52 bits per heavy atom. The van der Waals surface area contributed by atoms with Crippen molar-refractivity contribution in [1.29, 1.82) is 0 Å². The van der Waals surface area contributed by atoms with Crippen molar-refractivity contribution < 1.29 is 9.53 Å². The zero-order valence-corrected chi connectivity index (χ0v) is 15.1. The molecule has 2 unspecified atom stereocenters. The number of allylic oxidation sites excluding steroid dienone is 2. The number of esters is 1. The first-order chi connectivity index (χ1) is 11.2. The lowest BCUT2D eigenvalue weighted by atomic mass is 9.94. The van der Waals surface area contributed by atoms with Gasteiger partial charge in [-0.05, 0) is 56.8 Å². The number of unbranched alkanes of at least 4 members (excludes halogenated alkanes) is 5. The summed E-state index contributed by atoms with van der Waals surface area (Å²) in [5.41, 5.74) is 3.46. The Kier molecular flexibility index (Phi) is 5.82. The van der Waals surface area contributed by atoms with Crippen LogP contribution < -0.4 is 0 Å². The maximum Gasteiger partial charge on any atom is 0.309 e. The quantitative estimate of drug-likeness (QED) is 0.311. The van der Waals surface area contributed by atoms with E-state index in [9.17, 15) is 4.79 Å². The first kappa shape index (κ1) is 17.0. The van der Waals surface area contributed by atoms with Crippen LogP contribution in [0.4, 0.5) is 0 Å². The molecule has 0 aromatic heterocycles. The summed E-state index contributed by atoms with van der Waals surface area (Å²) in [6.45, 7) is 4.73. The number of carbonyl (C=O) groups excluding carboxylic acids is 1. The summed E-state index contributed by atoms with van der Waals surface area (Å²) in [7, 11) is 0. The van der Waals surface area contributed by atoms with Crippen molar-refractivity contribution in [1.82, 2.24) is 0 Å². The minimum Gasteiger partial charge on any atom is -0.466 e. The second kappa shape index (κ2) is 7.85. The number of ether oxygens (including phenoxy) is 1.